The molecule has 112 valence electrons. The molecule has 5 heteroatoms. The average molecular weight is 272 g/mol. The average Bonchev–Trinajstić information content (AvgIpc) is 2.25. The summed E-state index contributed by atoms with van der Waals surface area (Å²) in [5.41, 5.74) is -0.301. The van der Waals surface area contributed by atoms with E-state index in [0.717, 1.165) is 26.1 Å². The highest BCUT2D eigenvalue weighted by molar-refractivity contribution is 5.75. The minimum Gasteiger partial charge on any atom is -0.468 e. The Kier molecular flexibility index (Phi) is 5.35. The topological polar surface area (TPSA) is 50.8 Å². The van der Waals surface area contributed by atoms with Gasteiger partial charge in [0.2, 0.25) is 0 Å². The molecule has 0 bridgehead atoms. The van der Waals surface area contributed by atoms with Crippen LogP contribution in [0.4, 0.5) is 0 Å². The Balaban J connectivity index is 2.54. The lowest BCUT2D eigenvalue weighted by molar-refractivity contribution is -0.180. The Morgan fingerprint density at radius 2 is 1.84 bits per heavy atom. The number of carbonyl (C=O) groups is 1. The van der Waals surface area contributed by atoms with Crippen molar-refractivity contribution in [1.29, 1.82) is 0 Å². The maximum atomic E-state index is 11.5. The predicted molar refractivity (Wildman–Crippen MR) is 75.2 cm³/mol. The summed E-state index contributed by atoms with van der Waals surface area (Å²) in [5.74, 6) is -0.200. The molecule has 5 nitrogen and oxygen atoms in total. The maximum absolute atomic E-state index is 11.5. The van der Waals surface area contributed by atoms with Gasteiger partial charge in [-0.05, 0) is 41.2 Å². The van der Waals surface area contributed by atoms with Gasteiger partial charge in [-0.25, -0.2) is 0 Å². The summed E-state index contributed by atoms with van der Waals surface area (Å²) < 4.78 is 10.8. The minimum atomic E-state index is -0.237. The Hall–Kier alpha value is -0.650. The zero-order valence-electron chi connectivity index (χ0n) is 13.1. The molecule has 0 spiro atoms. The van der Waals surface area contributed by atoms with Crippen molar-refractivity contribution in [3.8, 4) is 0 Å². The number of nitrogens with one attached hydrogen (secondary N) is 1. The van der Waals surface area contributed by atoms with Gasteiger partial charge in [0.25, 0.3) is 0 Å². The summed E-state index contributed by atoms with van der Waals surface area (Å²) >= 11 is 0. The highest BCUT2D eigenvalue weighted by atomic mass is 16.5. The Bertz CT molecular complexity index is 300. The maximum Gasteiger partial charge on any atom is 0.322 e. The lowest BCUT2D eigenvalue weighted by atomic mass is 9.98. The lowest BCUT2D eigenvalue weighted by Gasteiger charge is -2.47. The van der Waals surface area contributed by atoms with Crippen molar-refractivity contribution in [2.75, 3.05) is 33.8 Å². The molecule has 1 aliphatic rings. The second-order valence-corrected chi connectivity index (χ2v) is 6.49. The number of rotatable bonds is 5. The molecular formula is C14H28N2O3. The van der Waals surface area contributed by atoms with Crippen LogP contribution >= 0.6 is 0 Å². The fourth-order valence-electron chi connectivity index (χ4n) is 2.94. The number of esters is 1. The first-order valence-corrected chi connectivity index (χ1v) is 6.87. The molecule has 1 rings (SSSR count). The number of morpholine rings is 1. The summed E-state index contributed by atoms with van der Waals surface area (Å²) in [6.45, 7) is 11.1. The molecule has 1 heterocycles. The zero-order chi connectivity index (χ0) is 14.7. The lowest BCUT2D eigenvalue weighted by Crippen LogP contribution is -2.57. The zero-order valence-corrected chi connectivity index (χ0v) is 13.1. The van der Waals surface area contributed by atoms with Gasteiger partial charge < -0.3 is 14.8 Å². The normalized spacial score (nSPS) is 23.9. The minimum absolute atomic E-state index is 0.151. The third kappa shape index (κ3) is 5.09. The molecule has 19 heavy (non-hydrogen) atoms. The van der Waals surface area contributed by atoms with Crippen LogP contribution in [0.2, 0.25) is 0 Å². The Morgan fingerprint density at radius 1 is 1.32 bits per heavy atom. The first kappa shape index (κ1) is 16.4. The van der Waals surface area contributed by atoms with Crippen LogP contribution in [0, 0.1) is 0 Å². The molecule has 0 aromatic carbocycles. The molecule has 0 aromatic heterocycles. The van der Waals surface area contributed by atoms with Crippen LogP contribution in [0.15, 0.2) is 0 Å². The molecular weight excluding hydrogens is 244 g/mol. The first-order valence-electron chi connectivity index (χ1n) is 6.87. The van der Waals surface area contributed by atoms with Crippen LogP contribution in [0.5, 0.6) is 0 Å². The van der Waals surface area contributed by atoms with Crippen molar-refractivity contribution >= 4 is 5.97 Å². The summed E-state index contributed by atoms with van der Waals surface area (Å²) in [4.78, 5) is 13.9. The number of ether oxygens (including phenoxy) is 2. The number of methoxy groups -OCH3 is 1. The molecule has 1 saturated heterocycles. The Labute approximate surface area is 116 Å². The van der Waals surface area contributed by atoms with E-state index in [1.807, 2.05) is 0 Å². The van der Waals surface area contributed by atoms with Crippen LogP contribution in [-0.2, 0) is 14.3 Å². The molecule has 1 aliphatic heterocycles. The highest BCUT2D eigenvalue weighted by Gasteiger charge is 2.38. The molecule has 1 fully saturated rings. The van der Waals surface area contributed by atoms with E-state index in [-0.39, 0.29) is 23.2 Å². The van der Waals surface area contributed by atoms with Crippen molar-refractivity contribution in [1.82, 2.24) is 10.2 Å². The van der Waals surface area contributed by atoms with Crippen LogP contribution in [-0.4, -0.2) is 61.9 Å². The van der Waals surface area contributed by atoms with E-state index < -0.39 is 0 Å². The summed E-state index contributed by atoms with van der Waals surface area (Å²) in [5, 5.41) is 3.00. The van der Waals surface area contributed by atoms with Crippen LogP contribution in [0.1, 0.15) is 34.1 Å². The molecule has 0 radical (unpaired) electrons. The van der Waals surface area contributed by atoms with E-state index in [9.17, 15) is 4.79 Å². The Morgan fingerprint density at radius 3 is 2.26 bits per heavy atom. The second-order valence-electron chi connectivity index (χ2n) is 6.49. The van der Waals surface area contributed by atoms with Crippen molar-refractivity contribution in [3.63, 3.8) is 0 Å². The van der Waals surface area contributed by atoms with Crippen LogP contribution in [0.25, 0.3) is 0 Å². The monoisotopic (exact) mass is 272 g/mol. The van der Waals surface area contributed by atoms with E-state index in [2.05, 4.69) is 37.9 Å². The summed E-state index contributed by atoms with van der Waals surface area (Å²) in [7, 11) is 3.21. The van der Waals surface area contributed by atoms with E-state index >= 15 is 0 Å². The molecule has 0 aliphatic carbocycles. The molecule has 1 atom stereocenters. The molecule has 1 N–H and O–H groups in total. The fourth-order valence-corrected chi connectivity index (χ4v) is 2.94. The van der Waals surface area contributed by atoms with Crippen molar-refractivity contribution in [2.24, 2.45) is 0 Å². The van der Waals surface area contributed by atoms with Gasteiger partial charge in [-0.15, -0.1) is 0 Å². The summed E-state index contributed by atoms with van der Waals surface area (Å²) in [6.07, 6.45) is 0.745. The highest BCUT2D eigenvalue weighted by Crippen LogP contribution is 2.28. The number of likely N-dealkylation sites (N-methyl/N-ethyl adjacent to an activating group) is 1. The van der Waals surface area contributed by atoms with Crippen molar-refractivity contribution in [2.45, 2.75) is 51.4 Å². The van der Waals surface area contributed by atoms with Gasteiger partial charge in [0.1, 0.15) is 6.04 Å². The largest absolute Gasteiger partial charge is 0.468 e. The SMILES string of the molecule is CNC(CCN1CC(C)(C)OC(C)(C)C1)C(=O)OC. The second kappa shape index (κ2) is 6.20. The van der Waals surface area contributed by atoms with Gasteiger partial charge in [-0.2, -0.15) is 0 Å². The third-order valence-corrected chi connectivity index (χ3v) is 3.33. The van der Waals surface area contributed by atoms with Crippen molar-refractivity contribution < 1.29 is 14.3 Å². The van der Waals surface area contributed by atoms with Gasteiger partial charge in [0.05, 0.1) is 18.3 Å². The first-order chi connectivity index (χ1) is 8.69. The van der Waals surface area contributed by atoms with E-state index in [1.165, 1.54) is 7.11 Å². The summed E-state index contributed by atoms with van der Waals surface area (Å²) in [6, 6.07) is -0.237. The van der Waals surface area contributed by atoms with E-state index in [4.69, 9.17) is 9.47 Å². The molecule has 0 amide bonds. The van der Waals surface area contributed by atoms with Gasteiger partial charge in [-0.1, -0.05) is 0 Å². The van der Waals surface area contributed by atoms with Gasteiger partial charge in [-0.3, -0.25) is 9.69 Å². The van der Waals surface area contributed by atoms with Gasteiger partial charge in [0, 0.05) is 19.6 Å². The molecule has 0 saturated carbocycles. The molecule has 1 unspecified atom stereocenters. The number of nitrogens with zero attached hydrogens (tertiary/aromatic N) is 1. The molecule has 0 aromatic rings. The smallest absolute Gasteiger partial charge is 0.322 e. The fraction of sp³-hybridized carbons (Fsp3) is 0.929. The number of carbonyl (C=O) groups excluding carboxylic acids is 1. The van der Waals surface area contributed by atoms with Crippen molar-refractivity contribution in [3.05, 3.63) is 0 Å². The number of hydrogen-bond acceptors (Lipinski definition) is 5. The third-order valence-electron chi connectivity index (χ3n) is 3.33. The number of hydrogen-bond donors (Lipinski definition) is 1. The van der Waals surface area contributed by atoms with E-state index in [0.29, 0.717) is 0 Å². The van der Waals surface area contributed by atoms with Crippen LogP contribution < -0.4 is 5.32 Å². The van der Waals surface area contributed by atoms with E-state index in [1.54, 1.807) is 7.05 Å². The standard InChI is InChI=1S/C14H28N2O3/c1-13(2)9-16(10-14(3,4)19-13)8-7-11(15-5)12(17)18-6/h11,15H,7-10H2,1-6H3. The van der Waals surface area contributed by atoms with Crippen LogP contribution in [0.3, 0.4) is 0 Å². The van der Waals surface area contributed by atoms with Gasteiger partial charge in [0.15, 0.2) is 0 Å². The van der Waals surface area contributed by atoms with Gasteiger partial charge >= 0.3 is 5.97 Å². The predicted octanol–water partition coefficient (Wildman–Crippen LogP) is 1.03. The quantitative estimate of drug-likeness (QED) is 0.758.